The van der Waals surface area contributed by atoms with Gasteiger partial charge in [0.1, 0.15) is 0 Å². The highest BCUT2D eigenvalue weighted by molar-refractivity contribution is 7.80. The van der Waals surface area contributed by atoms with Gasteiger partial charge in [-0.25, -0.2) is 0 Å². The molecule has 0 atom stereocenters. The molecule has 8 N–H and O–H groups in total. The van der Waals surface area contributed by atoms with Crippen LogP contribution < -0.4 is 0 Å². The van der Waals surface area contributed by atoms with E-state index < -0.39 is 41.6 Å². The van der Waals surface area contributed by atoms with Gasteiger partial charge in [-0.15, -0.1) is 0 Å². The van der Waals surface area contributed by atoms with Crippen molar-refractivity contribution < 1.29 is 70.1 Å². The SMILES string of the molecule is C1=CC=CC=CC=C1.O=S(=O)(O)O.O=S(=O)(O)O.O=S(=O)(O)O.O=S(=O)(O)O. The number of hydrogen-bond donors (Lipinski definition) is 8. The summed E-state index contributed by atoms with van der Waals surface area (Å²) in [5.41, 5.74) is 0. The maximum Gasteiger partial charge on any atom is 0.394 e. The molecule has 0 saturated heterocycles. The fraction of sp³-hybridized carbons (Fsp3) is 0. The molecule has 0 amide bonds. The summed E-state index contributed by atoms with van der Waals surface area (Å²) in [4.78, 5) is 0. The highest BCUT2D eigenvalue weighted by atomic mass is 32.3. The van der Waals surface area contributed by atoms with Crippen molar-refractivity contribution in [3.05, 3.63) is 48.6 Å². The molecule has 28 heavy (non-hydrogen) atoms. The number of hydrogen-bond acceptors (Lipinski definition) is 8. The summed E-state index contributed by atoms with van der Waals surface area (Å²) in [6.45, 7) is 0. The highest BCUT2D eigenvalue weighted by Gasteiger charge is 1.86. The fourth-order valence-corrected chi connectivity index (χ4v) is 0.513. The van der Waals surface area contributed by atoms with Gasteiger partial charge < -0.3 is 0 Å². The van der Waals surface area contributed by atoms with Crippen LogP contribution in [0.25, 0.3) is 0 Å². The molecule has 1 aliphatic rings. The van der Waals surface area contributed by atoms with E-state index in [-0.39, 0.29) is 0 Å². The molecule has 0 saturated carbocycles. The quantitative estimate of drug-likeness (QED) is 0.198. The van der Waals surface area contributed by atoms with Crippen LogP contribution in [-0.2, 0) is 41.6 Å². The van der Waals surface area contributed by atoms with Gasteiger partial charge in [-0.2, -0.15) is 33.7 Å². The Bertz CT molecular complexity index is 722. The molecule has 1 aliphatic carbocycles. The second kappa shape index (κ2) is 16.4. The largest absolute Gasteiger partial charge is 0.394 e. The number of allylic oxidation sites excluding steroid dienone is 8. The molecule has 0 unspecified atom stereocenters. The third-order valence-corrected chi connectivity index (χ3v) is 0.889. The first-order valence-electron chi connectivity index (χ1n) is 5.46. The monoisotopic (exact) mass is 496 g/mol. The molecular formula is C8H16O16S4. The first-order valence-corrected chi connectivity index (χ1v) is 11.0. The summed E-state index contributed by atoms with van der Waals surface area (Å²) in [5, 5.41) is 0. The van der Waals surface area contributed by atoms with Gasteiger partial charge in [0, 0.05) is 0 Å². The highest BCUT2D eigenvalue weighted by Crippen LogP contribution is 1.87. The van der Waals surface area contributed by atoms with Crippen molar-refractivity contribution in [1.82, 2.24) is 0 Å². The molecule has 16 nitrogen and oxygen atoms in total. The van der Waals surface area contributed by atoms with E-state index in [0.29, 0.717) is 0 Å². The van der Waals surface area contributed by atoms with Crippen LogP contribution in [0.15, 0.2) is 48.6 Å². The summed E-state index contributed by atoms with van der Waals surface area (Å²) >= 11 is 0. The molecule has 0 fully saturated rings. The minimum atomic E-state index is -4.67. The van der Waals surface area contributed by atoms with Crippen LogP contribution in [0.1, 0.15) is 0 Å². The third-order valence-electron chi connectivity index (χ3n) is 0.889. The van der Waals surface area contributed by atoms with E-state index in [4.69, 9.17) is 70.1 Å². The van der Waals surface area contributed by atoms with Crippen molar-refractivity contribution >= 4 is 41.6 Å². The zero-order valence-electron chi connectivity index (χ0n) is 13.1. The van der Waals surface area contributed by atoms with Crippen LogP contribution in [0.4, 0.5) is 0 Å². The second-order valence-corrected chi connectivity index (χ2v) is 6.91. The summed E-state index contributed by atoms with van der Waals surface area (Å²) < 4.78 is 126. The molecule has 0 spiro atoms. The van der Waals surface area contributed by atoms with E-state index >= 15 is 0 Å². The van der Waals surface area contributed by atoms with Crippen molar-refractivity contribution in [2.75, 3.05) is 0 Å². The van der Waals surface area contributed by atoms with E-state index in [1.807, 2.05) is 48.6 Å². The van der Waals surface area contributed by atoms with Crippen molar-refractivity contribution in [2.45, 2.75) is 0 Å². The molecule has 0 aromatic carbocycles. The first-order chi connectivity index (χ1) is 12.0. The molecule has 0 heterocycles. The van der Waals surface area contributed by atoms with Crippen LogP contribution in [0, 0.1) is 0 Å². The van der Waals surface area contributed by atoms with Gasteiger partial charge in [0.2, 0.25) is 0 Å². The molecule has 1 rings (SSSR count). The smallest absolute Gasteiger partial charge is 0.264 e. The van der Waals surface area contributed by atoms with E-state index in [2.05, 4.69) is 0 Å². The minimum absolute atomic E-state index is 2.00. The van der Waals surface area contributed by atoms with Gasteiger partial charge >= 0.3 is 41.6 Å². The lowest BCUT2D eigenvalue weighted by Crippen LogP contribution is -1.89. The lowest BCUT2D eigenvalue weighted by Gasteiger charge is -1.77. The molecule has 0 bridgehead atoms. The molecule has 0 aromatic rings. The Labute approximate surface area is 160 Å². The van der Waals surface area contributed by atoms with Crippen molar-refractivity contribution in [3.8, 4) is 0 Å². The maximum absolute atomic E-state index is 8.74. The summed E-state index contributed by atoms with van der Waals surface area (Å²) in [5.74, 6) is 0. The average molecular weight is 496 g/mol. The van der Waals surface area contributed by atoms with E-state index in [1.165, 1.54) is 0 Å². The molecule has 0 aliphatic heterocycles. The molecule has 20 heteroatoms. The Morgan fingerprint density at radius 2 is 0.321 bits per heavy atom. The van der Waals surface area contributed by atoms with Gasteiger partial charge in [-0.1, -0.05) is 48.6 Å². The third kappa shape index (κ3) is 324. The molecular weight excluding hydrogens is 480 g/mol. The Kier molecular flexibility index (Phi) is 19.9. The van der Waals surface area contributed by atoms with E-state index in [9.17, 15) is 0 Å². The van der Waals surface area contributed by atoms with E-state index in [0.717, 1.165) is 0 Å². The van der Waals surface area contributed by atoms with Crippen LogP contribution in [-0.4, -0.2) is 70.1 Å². The van der Waals surface area contributed by atoms with Gasteiger partial charge in [0.05, 0.1) is 0 Å². The van der Waals surface area contributed by atoms with Gasteiger partial charge in [-0.3, -0.25) is 36.4 Å². The normalized spacial score (nSPS) is 12.9. The lowest BCUT2D eigenvalue weighted by molar-refractivity contribution is 0.378. The summed E-state index contributed by atoms with van der Waals surface area (Å²) in [6.07, 6.45) is 16.0. The average Bonchev–Trinajstić information content (AvgIpc) is 2.16. The lowest BCUT2D eigenvalue weighted by atomic mass is 10.3. The minimum Gasteiger partial charge on any atom is -0.264 e. The van der Waals surface area contributed by atoms with Crippen LogP contribution in [0.2, 0.25) is 0 Å². The van der Waals surface area contributed by atoms with Crippen molar-refractivity contribution in [1.29, 1.82) is 0 Å². The molecule has 0 aromatic heterocycles. The predicted octanol–water partition coefficient (Wildman–Crippen LogP) is -0.386. The zero-order valence-corrected chi connectivity index (χ0v) is 16.4. The van der Waals surface area contributed by atoms with Gasteiger partial charge in [-0.05, 0) is 0 Å². The van der Waals surface area contributed by atoms with E-state index in [1.54, 1.807) is 0 Å². The number of rotatable bonds is 0. The standard InChI is InChI=1S/C8H8.4H2O4S/c1-2-4-6-8-7-5-3-1;4*1-5(2,3)4/h1-8H;4*(H2,1,2,3,4). The van der Waals surface area contributed by atoms with Crippen LogP contribution in [0.5, 0.6) is 0 Å². The van der Waals surface area contributed by atoms with Crippen LogP contribution in [0.3, 0.4) is 0 Å². The Morgan fingerprint density at radius 1 is 0.286 bits per heavy atom. The van der Waals surface area contributed by atoms with Crippen molar-refractivity contribution in [2.24, 2.45) is 0 Å². The molecule has 0 radical (unpaired) electrons. The van der Waals surface area contributed by atoms with Crippen LogP contribution >= 0.6 is 0 Å². The summed E-state index contributed by atoms with van der Waals surface area (Å²) in [6, 6.07) is 0. The Morgan fingerprint density at radius 3 is 0.357 bits per heavy atom. The molecule has 168 valence electrons. The van der Waals surface area contributed by atoms with Gasteiger partial charge in [0.25, 0.3) is 0 Å². The predicted molar refractivity (Wildman–Crippen MR) is 93.3 cm³/mol. The summed E-state index contributed by atoms with van der Waals surface area (Å²) in [7, 11) is -18.7. The fourth-order valence-electron chi connectivity index (χ4n) is 0.513. The maximum atomic E-state index is 8.74. The van der Waals surface area contributed by atoms with Gasteiger partial charge in [0.15, 0.2) is 0 Å². The van der Waals surface area contributed by atoms with Crippen molar-refractivity contribution in [3.63, 3.8) is 0 Å². The Hall–Kier alpha value is -1.56. The zero-order chi connectivity index (χ0) is 23.7. The Balaban J connectivity index is -0.000000131. The topological polar surface area (TPSA) is 298 Å². The second-order valence-electron chi connectivity index (χ2n) is 3.33. The first kappa shape index (κ1) is 34.0.